The number of carbonyl (C=O) groups excluding carboxylic acids is 2. The molecule has 6 nitrogen and oxygen atoms in total. The quantitative estimate of drug-likeness (QED) is 0.641. The molecule has 3 aromatic rings. The van der Waals surface area contributed by atoms with Crippen LogP contribution < -0.4 is 14.8 Å². The molecule has 160 valence electrons. The number of hydrogen-bond donors (Lipinski definition) is 1. The largest absolute Gasteiger partial charge is 0.497 e. The second-order valence-corrected chi connectivity index (χ2v) is 8.20. The molecule has 0 unspecified atom stereocenters. The third kappa shape index (κ3) is 4.41. The van der Waals surface area contributed by atoms with Crippen LogP contribution in [0.25, 0.3) is 10.4 Å². The summed E-state index contributed by atoms with van der Waals surface area (Å²) in [5.41, 5.74) is 2.52. The molecule has 1 fully saturated rings. The topological polar surface area (TPSA) is 67.9 Å². The zero-order valence-electron chi connectivity index (χ0n) is 17.5. The van der Waals surface area contributed by atoms with Crippen LogP contribution in [-0.2, 0) is 11.2 Å². The van der Waals surface area contributed by atoms with Gasteiger partial charge in [-0.25, -0.2) is 0 Å². The molecule has 2 amide bonds. The van der Waals surface area contributed by atoms with Crippen molar-refractivity contribution in [3.8, 4) is 21.9 Å². The first-order chi connectivity index (χ1) is 15.1. The first-order valence-electron chi connectivity index (χ1n) is 10.0. The van der Waals surface area contributed by atoms with E-state index in [0.29, 0.717) is 36.6 Å². The molecule has 0 spiro atoms. The van der Waals surface area contributed by atoms with Gasteiger partial charge in [0.25, 0.3) is 5.91 Å². The highest BCUT2D eigenvalue weighted by atomic mass is 32.1. The van der Waals surface area contributed by atoms with E-state index < -0.39 is 6.04 Å². The van der Waals surface area contributed by atoms with Gasteiger partial charge < -0.3 is 19.7 Å². The fraction of sp³-hybridized carbons (Fsp3) is 0.250. The fourth-order valence-corrected chi connectivity index (χ4v) is 4.50. The zero-order chi connectivity index (χ0) is 21.8. The Balaban J connectivity index is 1.59. The van der Waals surface area contributed by atoms with Gasteiger partial charge in [-0.2, -0.15) is 0 Å². The summed E-state index contributed by atoms with van der Waals surface area (Å²) in [4.78, 5) is 29.0. The normalized spacial score (nSPS) is 16.0. The van der Waals surface area contributed by atoms with E-state index >= 15 is 0 Å². The van der Waals surface area contributed by atoms with Crippen LogP contribution in [0.15, 0.2) is 60.0 Å². The van der Waals surface area contributed by atoms with Crippen LogP contribution in [0.5, 0.6) is 11.5 Å². The average molecular weight is 437 g/mol. The summed E-state index contributed by atoms with van der Waals surface area (Å²) in [5.74, 6) is 0.622. The van der Waals surface area contributed by atoms with Crippen LogP contribution >= 0.6 is 11.3 Å². The van der Waals surface area contributed by atoms with E-state index in [9.17, 15) is 9.59 Å². The Hall–Kier alpha value is -3.32. The standard InChI is InChI=1S/C24H24N2O4S/c1-29-18-9-10-21(30-2)19(15-18)24(28)26-12-11-25-23(27)20(26)14-16-5-7-17(8-6-16)22-4-3-13-31-22/h3-10,13,15,20H,11-12,14H2,1-2H3,(H,25,27)/t20-/m0/s1. The molecule has 0 radical (unpaired) electrons. The number of rotatable bonds is 6. The van der Waals surface area contributed by atoms with Crippen LogP contribution in [0, 0.1) is 0 Å². The first-order valence-corrected chi connectivity index (χ1v) is 10.9. The molecule has 31 heavy (non-hydrogen) atoms. The summed E-state index contributed by atoms with van der Waals surface area (Å²) in [5, 5.41) is 4.93. The maximum Gasteiger partial charge on any atom is 0.258 e. The van der Waals surface area contributed by atoms with Gasteiger partial charge in [-0.3, -0.25) is 9.59 Å². The Kier molecular flexibility index (Phi) is 6.23. The van der Waals surface area contributed by atoms with Crippen LogP contribution in [0.2, 0.25) is 0 Å². The van der Waals surface area contributed by atoms with Crippen molar-refractivity contribution in [2.45, 2.75) is 12.5 Å². The summed E-state index contributed by atoms with van der Waals surface area (Å²) >= 11 is 1.69. The molecular weight excluding hydrogens is 412 g/mol. The van der Waals surface area contributed by atoms with Gasteiger partial charge in [0.1, 0.15) is 17.5 Å². The Morgan fingerprint density at radius 2 is 1.94 bits per heavy atom. The van der Waals surface area contributed by atoms with Crippen molar-refractivity contribution >= 4 is 23.2 Å². The molecule has 1 atom stereocenters. The maximum absolute atomic E-state index is 13.4. The predicted molar refractivity (Wildman–Crippen MR) is 121 cm³/mol. The monoisotopic (exact) mass is 436 g/mol. The summed E-state index contributed by atoms with van der Waals surface area (Å²) < 4.78 is 10.7. The lowest BCUT2D eigenvalue weighted by atomic mass is 9.99. The Morgan fingerprint density at radius 1 is 1.13 bits per heavy atom. The smallest absolute Gasteiger partial charge is 0.258 e. The third-order valence-electron chi connectivity index (χ3n) is 5.42. The molecule has 0 bridgehead atoms. The fourth-order valence-electron chi connectivity index (χ4n) is 3.77. The number of carbonyl (C=O) groups is 2. The number of piperazine rings is 1. The zero-order valence-corrected chi connectivity index (χ0v) is 18.3. The average Bonchev–Trinajstić information content (AvgIpc) is 3.35. The van der Waals surface area contributed by atoms with Crippen LogP contribution in [-0.4, -0.2) is 50.1 Å². The van der Waals surface area contributed by atoms with Gasteiger partial charge >= 0.3 is 0 Å². The van der Waals surface area contributed by atoms with Crippen LogP contribution in [0.1, 0.15) is 15.9 Å². The predicted octanol–water partition coefficient (Wildman–Crippen LogP) is 3.62. The lowest BCUT2D eigenvalue weighted by molar-refractivity contribution is -0.127. The van der Waals surface area contributed by atoms with Gasteiger partial charge in [0.05, 0.1) is 19.8 Å². The molecule has 4 rings (SSSR count). The Bertz CT molecular complexity index is 1060. The Morgan fingerprint density at radius 3 is 2.61 bits per heavy atom. The molecule has 7 heteroatoms. The van der Waals surface area contributed by atoms with E-state index in [1.54, 1.807) is 41.5 Å². The highest BCUT2D eigenvalue weighted by molar-refractivity contribution is 7.13. The van der Waals surface area contributed by atoms with Gasteiger partial charge in [-0.1, -0.05) is 30.3 Å². The van der Waals surface area contributed by atoms with Crippen LogP contribution in [0.4, 0.5) is 0 Å². The van der Waals surface area contributed by atoms with E-state index in [-0.39, 0.29) is 11.8 Å². The number of hydrogen-bond acceptors (Lipinski definition) is 5. The van der Waals surface area contributed by atoms with Crippen molar-refractivity contribution in [2.24, 2.45) is 0 Å². The number of nitrogens with zero attached hydrogens (tertiary/aromatic N) is 1. The van der Waals surface area contributed by atoms with E-state index in [1.165, 1.54) is 12.0 Å². The van der Waals surface area contributed by atoms with Gasteiger partial charge in [-0.15, -0.1) is 11.3 Å². The van der Waals surface area contributed by atoms with E-state index in [1.807, 2.05) is 23.6 Å². The number of benzene rings is 2. The minimum atomic E-state index is -0.593. The van der Waals surface area contributed by atoms with Gasteiger partial charge in [-0.05, 0) is 40.8 Å². The molecule has 1 aliphatic heterocycles. The van der Waals surface area contributed by atoms with Crippen molar-refractivity contribution in [1.29, 1.82) is 0 Å². The van der Waals surface area contributed by atoms with Crippen molar-refractivity contribution in [3.05, 3.63) is 71.1 Å². The first kappa shape index (κ1) is 20.9. The van der Waals surface area contributed by atoms with Crippen molar-refractivity contribution < 1.29 is 19.1 Å². The summed E-state index contributed by atoms with van der Waals surface area (Å²) in [6.45, 7) is 0.855. The molecule has 0 saturated carbocycles. The third-order valence-corrected chi connectivity index (χ3v) is 6.34. The number of methoxy groups -OCH3 is 2. The molecule has 1 N–H and O–H groups in total. The summed E-state index contributed by atoms with van der Waals surface area (Å²) in [6, 6.07) is 16.8. The van der Waals surface area contributed by atoms with Crippen molar-refractivity contribution in [3.63, 3.8) is 0 Å². The molecule has 1 aliphatic rings. The Labute approximate surface area is 185 Å². The van der Waals surface area contributed by atoms with Gasteiger partial charge in [0, 0.05) is 24.4 Å². The molecule has 1 aromatic heterocycles. The SMILES string of the molecule is COc1ccc(OC)c(C(=O)N2CCNC(=O)[C@@H]2Cc2ccc(-c3cccs3)cc2)c1. The molecular formula is C24H24N2O4S. The molecule has 2 aromatic carbocycles. The number of thiophene rings is 1. The highest BCUT2D eigenvalue weighted by Crippen LogP contribution is 2.28. The minimum absolute atomic E-state index is 0.149. The number of nitrogens with one attached hydrogen (secondary N) is 1. The van der Waals surface area contributed by atoms with Crippen molar-refractivity contribution in [1.82, 2.24) is 10.2 Å². The highest BCUT2D eigenvalue weighted by Gasteiger charge is 2.34. The van der Waals surface area contributed by atoms with E-state index in [4.69, 9.17) is 9.47 Å². The lowest BCUT2D eigenvalue weighted by Gasteiger charge is -2.35. The number of amides is 2. The van der Waals surface area contributed by atoms with Gasteiger partial charge in [0.2, 0.25) is 5.91 Å². The second kappa shape index (κ2) is 9.22. The summed E-state index contributed by atoms with van der Waals surface area (Å²) in [6.07, 6.45) is 0.439. The van der Waals surface area contributed by atoms with Crippen LogP contribution in [0.3, 0.4) is 0 Å². The maximum atomic E-state index is 13.4. The second-order valence-electron chi connectivity index (χ2n) is 7.25. The molecule has 0 aliphatic carbocycles. The minimum Gasteiger partial charge on any atom is -0.497 e. The van der Waals surface area contributed by atoms with Crippen molar-refractivity contribution in [2.75, 3.05) is 27.3 Å². The molecule has 2 heterocycles. The summed E-state index contributed by atoms with van der Waals surface area (Å²) in [7, 11) is 3.07. The van der Waals surface area contributed by atoms with E-state index in [0.717, 1.165) is 11.1 Å². The van der Waals surface area contributed by atoms with Gasteiger partial charge in [0.15, 0.2) is 0 Å². The lowest BCUT2D eigenvalue weighted by Crippen LogP contribution is -2.58. The number of ether oxygens (including phenoxy) is 2. The van der Waals surface area contributed by atoms with E-state index in [2.05, 4.69) is 23.5 Å². The molecule has 1 saturated heterocycles.